The highest BCUT2D eigenvalue weighted by atomic mass is 16.5. The molecule has 0 saturated carbocycles. The van der Waals surface area contributed by atoms with Crippen molar-refractivity contribution in [3.63, 3.8) is 0 Å². The standard InChI is InChI=1S/C33H34N4O5/c1-3-42-33(41)24-12-17-27-28(20-24)35-32(40)30(27)31(23-10-6-4-7-11-23)34-25-13-15-26(16-14-25)37(22(2)38)21-29(39)36-18-8-5-9-19-36/h4,6-7,10-17,20,30H,3,5,8-9,18-19,21H2,1-2H3,(H,35,40). The third-order valence-electron chi connectivity index (χ3n) is 7.53. The van der Waals surface area contributed by atoms with Crippen molar-refractivity contribution < 1.29 is 23.9 Å². The minimum atomic E-state index is -0.700. The van der Waals surface area contributed by atoms with E-state index in [1.54, 1.807) is 49.4 Å². The quantitative estimate of drug-likeness (QED) is 0.302. The molecule has 2 heterocycles. The van der Waals surface area contributed by atoms with E-state index in [2.05, 4.69) is 5.32 Å². The van der Waals surface area contributed by atoms with Gasteiger partial charge in [-0.05, 0) is 73.7 Å². The molecule has 3 aromatic carbocycles. The van der Waals surface area contributed by atoms with Gasteiger partial charge in [0.2, 0.25) is 17.7 Å². The number of amides is 3. The maximum Gasteiger partial charge on any atom is 0.338 e. The van der Waals surface area contributed by atoms with Gasteiger partial charge in [0.05, 0.1) is 23.6 Å². The molecule has 9 nitrogen and oxygen atoms in total. The van der Waals surface area contributed by atoms with Crippen molar-refractivity contribution in [2.24, 2.45) is 4.99 Å². The number of aliphatic imine (C=N–C) groups is 1. The molecule has 1 N–H and O–H groups in total. The average Bonchev–Trinajstić information content (AvgIpc) is 3.34. The lowest BCUT2D eigenvalue weighted by Crippen LogP contribution is -2.44. The van der Waals surface area contributed by atoms with Gasteiger partial charge in [-0.15, -0.1) is 0 Å². The highest BCUT2D eigenvalue weighted by molar-refractivity contribution is 6.24. The summed E-state index contributed by atoms with van der Waals surface area (Å²) in [7, 11) is 0. The van der Waals surface area contributed by atoms with Gasteiger partial charge in [-0.1, -0.05) is 36.4 Å². The second-order valence-electron chi connectivity index (χ2n) is 10.4. The summed E-state index contributed by atoms with van der Waals surface area (Å²) >= 11 is 0. The van der Waals surface area contributed by atoms with E-state index in [9.17, 15) is 19.2 Å². The Kier molecular flexibility index (Phi) is 8.76. The second-order valence-corrected chi connectivity index (χ2v) is 10.4. The zero-order valence-electron chi connectivity index (χ0n) is 23.8. The van der Waals surface area contributed by atoms with E-state index >= 15 is 0 Å². The van der Waals surface area contributed by atoms with Crippen LogP contribution in [0.5, 0.6) is 0 Å². The third-order valence-corrected chi connectivity index (χ3v) is 7.53. The number of carbonyl (C=O) groups is 4. The number of esters is 1. The summed E-state index contributed by atoms with van der Waals surface area (Å²) in [6.45, 7) is 4.88. The highest BCUT2D eigenvalue weighted by Crippen LogP contribution is 2.37. The fourth-order valence-electron chi connectivity index (χ4n) is 5.39. The van der Waals surface area contributed by atoms with Gasteiger partial charge in [-0.25, -0.2) is 4.79 Å². The fraction of sp³-hybridized carbons (Fsp3) is 0.303. The molecule has 3 aromatic rings. The Morgan fingerprint density at radius 2 is 1.67 bits per heavy atom. The van der Waals surface area contributed by atoms with Crippen LogP contribution in [0.15, 0.2) is 77.8 Å². The minimum absolute atomic E-state index is 0.0139. The predicted octanol–water partition coefficient (Wildman–Crippen LogP) is 5.09. The number of piperidine rings is 1. The van der Waals surface area contributed by atoms with Crippen LogP contribution >= 0.6 is 0 Å². The van der Waals surface area contributed by atoms with Gasteiger partial charge in [0.15, 0.2) is 0 Å². The number of rotatable bonds is 8. The Morgan fingerprint density at radius 3 is 2.33 bits per heavy atom. The molecular weight excluding hydrogens is 532 g/mol. The number of hydrogen-bond acceptors (Lipinski definition) is 6. The maximum atomic E-state index is 13.3. The van der Waals surface area contributed by atoms with Crippen LogP contribution in [0.1, 0.15) is 60.5 Å². The van der Waals surface area contributed by atoms with Gasteiger partial charge < -0.3 is 19.9 Å². The maximum absolute atomic E-state index is 13.3. The second kappa shape index (κ2) is 12.8. The average molecular weight is 567 g/mol. The summed E-state index contributed by atoms with van der Waals surface area (Å²) in [5.41, 5.74) is 4.14. The summed E-state index contributed by atoms with van der Waals surface area (Å²) < 4.78 is 5.11. The molecule has 1 fully saturated rings. The van der Waals surface area contributed by atoms with E-state index in [0.717, 1.165) is 37.9 Å². The summed E-state index contributed by atoms with van der Waals surface area (Å²) in [4.78, 5) is 59.1. The van der Waals surface area contributed by atoms with Crippen LogP contribution in [-0.2, 0) is 19.1 Å². The molecule has 0 spiro atoms. The van der Waals surface area contributed by atoms with Gasteiger partial charge in [0.1, 0.15) is 12.5 Å². The lowest BCUT2D eigenvalue weighted by molar-refractivity contribution is -0.132. The van der Waals surface area contributed by atoms with Crippen LogP contribution in [0, 0.1) is 0 Å². The van der Waals surface area contributed by atoms with Gasteiger partial charge >= 0.3 is 5.97 Å². The molecule has 0 radical (unpaired) electrons. The zero-order chi connectivity index (χ0) is 29.6. The Labute approximate surface area is 245 Å². The number of ether oxygens (including phenoxy) is 1. The SMILES string of the molecule is CCOC(=O)c1ccc2c(c1)NC(=O)C2C(=Nc1ccc(N(CC(=O)N2CCCCC2)C(C)=O)cc1)c1ccccc1. The van der Waals surface area contributed by atoms with Gasteiger partial charge in [-0.3, -0.25) is 19.4 Å². The zero-order valence-corrected chi connectivity index (χ0v) is 23.8. The van der Waals surface area contributed by atoms with Gasteiger partial charge in [0, 0.05) is 31.4 Å². The van der Waals surface area contributed by atoms with Gasteiger partial charge in [-0.2, -0.15) is 0 Å². The normalized spacial score (nSPS) is 16.4. The monoisotopic (exact) mass is 566 g/mol. The summed E-state index contributed by atoms with van der Waals surface area (Å²) in [5, 5.41) is 2.89. The Balaban J connectivity index is 1.45. The number of carbonyl (C=O) groups excluding carboxylic acids is 4. The van der Waals surface area contributed by atoms with Crippen molar-refractivity contribution in [1.82, 2.24) is 4.90 Å². The lowest BCUT2D eigenvalue weighted by Gasteiger charge is -2.29. The molecule has 0 aromatic heterocycles. The lowest BCUT2D eigenvalue weighted by atomic mass is 9.90. The summed E-state index contributed by atoms with van der Waals surface area (Å²) in [6.07, 6.45) is 3.09. The van der Waals surface area contributed by atoms with Crippen molar-refractivity contribution in [1.29, 1.82) is 0 Å². The van der Waals surface area contributed by atoms with E-state index in [1.807, 2.05) is 35.2 Å². The topological polar surface area (TPSA) is 108 Å². The molecule has 1 saturated heterocycles. The number of nitrogens with one attached hydrogen (secondary N) is 1. The van der Waals surface area contributed by atoms with Crippen molar-refractivity contribution in [2.75, 3.05) is 36.5 Å². The third kappa shape index (κ3) is 6.25. The van der Waals surface area contributed by atoms with Crippen LogP contribution in [0.4, 0.5) is 17.1 Å². The molecular formula is C33H34N4O5. The molecule has 216 valence electrons. The van der Waals surface area contributed by atoms with Crippen LogP contribution in [0.2, 0.25) is 0 Å². The Bertz CT molecular complexity index is 1510. The van der Waals surface area contributed by atoms with E-state index in [-0.39, 0.29) is 30.9 Å². The number of nitrogens with zero attached hydrogens (tertiary/aromatic N) is 3. The smallest absolute Gasteiger partial charge is 0.338 e. The first-order valence-corrected chi connectivity index (χ1v) is 14.3. The Hall–Kier alpha value is -4.79. The van der Waals surface area contributed by atoms with Crippen LogP contribution in [-0.4, -0.2) is 60.5 Å². The van der Waals surface area contributed by atoms with Crippen molar-refractivity contribution in [2.45, 2.75) is 39.0 Å². The number of anilines is 2. The van der Waals surface area contributed by atoms with Crippen molar-refractivity contribution in [3.8, 4) is 0 Å². The molecule has 3 amide bonds. The van der Waals surface area contributed by atoms with Crippen LogP contribution < -0.4 is 10.2 Å². The first-order valence-electron chi connectivity index (χ1n) is 14.3. The first kappa shape index (κ1) is 28.7. The van der Waals surface area contributed by atoms with Crippen LogP contribution in [0.3, 0.4) is 0 Å². The van der Waals surface area contributed by atoms with E-state index < -0.39 is 11.9 Å². The molecule has 1 unspecified atom stereocenters. The molecule has 2 aliphatic rings. The summed E-state index contributed by atoms with van der Waals surface area (Å²) in [5.74, 6) is -1.68. The molecule has 0 bridgehead atoms. The largest absolute Gasteiger partial charge is 0.462 e. The molecule has 1 atom stereocenters. The summed E-state index contributed by atoms with van der Waals surface area (Å²) in [6, 6.07) is 21.6. The molecule has 0 aliphatic carbocycles. The fourth-order valence-corrected chi connectivity index (χ4v) is 5.39. The number of likely N-dealkylation sites (tertiary alicyclic amines) is 1. The number of fused-ring (bicyclic) bond motifs is 1. The van der Waals surface area contributed by atoms with E-state index in [0.29, 0.717) is 33.9 Å². The predicted molar refractivity (Wildman–Crippen MR) is 161 cm³/mol. The van der Waals surface area contributed by atoms with E-state index in [1.165, 1.54) is 11.8 Å². The number of benzene rings is 3. The van der Waals surface area contributed by atoms with Gasteiger partial charge in [0.25, 0.3) is 0 Å². The van der Waals surface area contributed by atoms with Crippen molar-refractivity contribution in [3.05, 3.63) is 89.5 Å². The van der Waals surface area contributed by atoms with E-state index in [4.69, 9.17) is 9.73 Å². The first-order chi connectivity index (χ1) is 20.4. The molecule has 5 rings (SSSR count). The Morgan fingerprint density at radius 1 is 0.952 bits per heavy atom. The number of hydrogen-bond donors (Lipinski definition) is 1. The van der Waals surface area contributed by atoms with Crippen LogP contribution in [0.25, 0.3) is 0 Å². The minimum Gasteiger partial charge on any atom is -0.462 e. The molecule has 9 heteroatoms. The van der Waals surface area contributed by atoms with Crippen molar-refractivity contribution >= 4 is 46.5 Å². The molecule has 42 heavy (non-hydrogen) atoms. The highest BCUT2D eigenvalue weighted by Gasteiger charge is 2.36. The molecule has 2 aliphatic heterocycles.